The van der Waals surface area contributed by atoms with Crippen LogP contribution in [0.25, 0.3) is 6.08 Å². The first-order chi connectivity index (χ1) is 11.7. The number of aliphatic imine (C=N–C) groups is 1. The average Bonchev–Trinajstić information content (AvgIpc) is 2.90. The van der Waals surface area contributed by atoms with E-state index < -0.39 is 17.7 Å². The fourth-order valence-corrected chi connectivity index (χ4v) is 2.42. The van der Waals surface area contributed by atoms with Gasteiger partial charge in [0.2, 0.25) is 5.90 Å². The van der Waals surface area contributed by atoms with Gasteiger partial charge in [-0.2, -0.15) is 13.2 Å². The van der Waals surface area contributed by atoms with Crippen molar-refractivity contribution < 1.29 is 22.7 Å². The Morgan fingerprint density at radius 1 is 1.04 bits per heavy atom. The smallest absolute Gasteiger partial charge is 0.402 e. The number of carbonyl (C=O) groups is 1. The first-order valence-corrected chi connectivity index (χ1v) is 7.65. The molecule has 8 heteroatoms. The lowest BCUT2D eigenvalue weighted by molar-refractivity contribution is -0.137. The predicted molar refractivity (Wildman–Crippen MR) is 88.5 cm³/mol. The molecule has 0 spiro atoms. The van der Waals surface area contributed by atoms with Crippen molar-refractivity contribution in [2.24, 2.45) is 4.99 Å². The number of alkyl halides is 3. The van der Waals surface area contributed by atoms with E-state index in [1.54, 1.807) is 6.07 Å². The Labute approximate surface area is 150 Å². The van der Waals surface area contributed by atoms with Gasteiger partial charge in [-0.25, -0.2) is 9.79 Å². The molecule has 0 amide bonds. The van der Waals surface area contributed by atoms with Crippen molar-refractivity contribution in [2.45, 2.75) is 6.18 Å². The Balaban J connectivity index is 1.95. The summed E-state index contributed by atoms with van der Waals surface area (Å²) in [5, 5.41) is 0.586. The molecule has 0 N–H and O–H groups in total. The molecule has 1 aliphatic heterocycles. The Hall–Kier alpha value is -2.31. The summed E-state index contributed by atoms with van der Waals surface area (Å²) in [6, 6.07) is 9.11. The molecule has 25 heavy (non-hydrogen) atoms. The maximum atomic E-state index is 12.7. The SMILES string of the molecule is O=C1OC(c2ccc(Cl)c(Cl)c2)=NC1=Cc1cccc(C(F)(F)F)c1. The highest BCUT2D eigenvalue weighted by atomic mass is 35.5. The lowest BCUT2D eigenvalue weighted by Crippen LogP contribution is -2.05. The molecule has 2 aromatic rings. The highest BCUT2D eigenvalue weighted by molar-refractivity contribution is 6.42. The molecule has 3 nitrogen and oxygen atoms in total. The molecule has 0 unspecified atom stereocenters. The third kappa shape index (κ3) is 3.86. The number of nitrogens with zero attached hydrogens (tertiary/aromatic N) is 1. The van der Waals surface area contributed by atoms with E-state index in [2.05, 4.69) is 4.99 Å². The first-order valence-electron chi connectivity index (χ1n) is 6.89. The van der Waals surface area contributed by atoms with E-state index in [-0.39, 0.29) is 22.2 Å². The van der Waals surface area contributed by atoms with Gasteiger partial charge < -0.3 is 4.74 Å². The van der Waals surface area contributed by atoms with Crippen LogP contribution in [-0.4, -0.2) is 11.9 Å². The summed E-state index contributed by atoms with van der Waals surface area (Å²) >= 11 is 11.7. The molecule has 0 aromatic heterocycles. The van der Waals surface area contributed by atoms with E-state index in [1.807, 2.05) is 0 Å². The summed E-state index contributed by atoms with van der Waals surface area (Å²) in [6.45, 7) is 0. The van der Waals surface area contributed by atoms with Gasteiger partial charge in [-0.1, -0.05) is 35.3 Å². The zero-order valence-corrected chi connectivity index (χ0v) is 13.8. The molecule has 0 aliphatic carbocycles. The van der Waals surface area contributed by atoms with Gasteiger partial charge in [-0.05, 0) is 42.0 Å². The Morgan fingerprint density at radius 2 is 1.80 bits per heavy atom. The van der Waals surface area contributed by atoms with Crippen LogP contribution in [0, 0.1) is 0 Å². The fraction of sp³-hybridized carbons (Fsp3) is 0.0588. The molecule has 0 bridgehead atoms. The fourth-order valence-electron chi connectivity index (χ4n) is 2.12. The van der Waals surface area contributed by atoms with Gasteiger partial charge in [0.1, 0.15) is 0 Å². The zero-order valence-electron chi connectivity index (χ0n) is 12.3. The van der Waals surface area contributed by atoms with Crippen molar-refractivity contribution in [1.29, 1.82) is 0 Å². The number of hydrogen-bond acceptors (Lipinski definition) is 3. The average molecular weight is 386 g/mol. The number of halogens is 5. The normalized spacial score (nSPS) is 16.1. The molecule has 3 rings (SSSR count). The van der Waals surface area contributed by atoms with Crippen molar-refractivity contribution in [1.82, 2.24) is 0 Å². The van der Waals surface area contributed by atoms with Crippen molar-refractivity contribution in [3.8, 4) is 0 Å². The molecule has 0 saturated carbocycles. The van der Waals surface area contributed by atoms with Crippen LogP contribution in [0.3, 0.4) is 0 Å². The van der Waals surface area contributed by atoms with Crippen LogP contribution in [0.1, 0.15) is 16.7 Å². The minimum absolute atomic E-state index is 0.00166. The van der Waals surface area contributed by atoms with Crippen LogP contribution in [0.5, 0.6) is 0 Å². The maximum absolute atomic E-state index is 12.7. The van der Waals surface area contributed by atoms with Crippen molar-refractivity contribution in [3.63, 3.8) is 0 Å². The van der Waals surface area contributed by atoms with E-state index in [9.17, 15) is 18.0 Å². The van der Waals surface area contributed by atoms with Crippen LogP contribution >= 0.6 is 23.2 Å². The van der Waals surface area contributed by atoms with E-state index >= 15 is 0 Å². The standard InChI is InChI=1S/C17H8Cl2F3NO2/c18-12-5-4-10(8-13(12)19)15-23-14(16(24)25-15)7-9-2-1-3-11(6-9)17(20,21)22/h1-8H. The summed E-state index contributed by atoms with van der Waals surface area (Å²) in [5.74, 6) is -0.764. The molecule has 2 aromatic carbocycles. The van der Waals surface area contributed by atoms with Gasteiger partial charge in [0, 0.05) is 5.56 Å². The van der Waals surface area contributed by atoms with Crippen LogP contribution in [-0.2, 0) is 15.7 Å². The molecule has 1 heterocycles. The third-order valence-corrected chi connectivity index (χ3v) is 4.04. The van der Waals surface area contributed by atoms with Crippen LogP contribution < -0.4 is 0 Å². The number of ether oxygens (including phenoxy) is 1. The topological polar surface area (TPSA) is 38.7 Å². The summed E-state index contributed by atoms with van der Waals surface area (Å²) in [7, 11) is 0. The van der Waals surface area contributed by atoms with E-state index in [0.717, 1.165) is 12.1 Å². The second kappa shape index (κ2) is 6.54. The van der Waals surface area contributed by atoms with Gasteiger partial charge in [0.05, 0.1) is 15.6 Å². The quantitative estimate of drug-likeness (QED) is 0.515. The van der Waals surface area contributed by atoms with Crippen LogP contribution in [0.2, 0.25) is 10.0 Å². The lowest BCUT2D eigenvalue weighted by atomic mass is 10.1. The molecule has 0 radical (unpaired) electrons. The van der Waals surface area contributed by atoms with Gasteiger partial charge in [-0.15, -0.1) is 0 Å². The molecular weight excluding hydrogens is 378 g/mol. The molecule has 0 atom stereocenters. The summed E-state index contributed by atoms with van der Waals surface area (Å²) in [4.78, 5) is 15.9. The lowest BCUT2D eigenvalue weighted by Gasteiger charge is -2.06. The van der Waals surface area contributed by atoms with E-state index in [4.69, 9.17) is 27.9 Å². The number of hydrogen-bond donors (Lipinski definition) is 0. The van der Waals surface area contributed by atoms with Crippen molar-refractivity contribution in [2.75, 3.05) is 0 Å². The van der Waals surface area contributed by atoms with E-state index in [0.29, 0.717) is 10.6 Å². The largest absolute Gasteiger partial charge is 0.416 e. The maximum Gasteiger partial charge on any atom is 0.416 e. The highest BCUT2D eigenvalue weighted by Gasteiger charge is 2.30. The minimum atomic E-state index is -4.47. The Kier molecular flexibility index (Phi) is 4.58. The highest BCUT2D eigenvalue weighted by Crippen LogP contribution is 2.30. The molecule has 1 aliphatic rings. The molecule has 0 fully saturated rings. The predicted octanol–water partition coefficient (Wildman–Crippen LogP) is 5.36. The molecule has 128 valence electrons. The van der Waals surface area contributed by atoms with Crippen molar-refractivity contribution in [3.05, 3.63) is 74.9 Å². The first kappa shape index (κ1) is 17.5. The van der Waals surface area contributed by atoms with Crippen molar-refractivity contribution >= 4 is 41.1 Å². The number of carbonyl (C=O) groups excluding carboxylic acids is 1. The van der Waals surface area contributed by atoms with Gasteiger partial charge in [-0.3, -0.25) is 0 Å². The summed E-state index contributed by atoms with van der Waals surface area (Å²) in [6.07, 6.45) is -3.25. The second-order valence-electron chi connectivity index (χ2n) is 5.09. The number of benzene rings is 2. The number of esters is 1. The van der Waals surface area contributed by atoms with Crippen LogP contribution in [0.4, 0.5) is 13.2 Å². The number of rotatable bonds is 2. The Bertz CT molecular complexity index is 920. The molecular formula is C17H8Cl2F3NO2. The zero-order chi connectivity index (χ0) is 18.2. The Morgan fingerprint density at radius 3 is 2.48 bits per heavy atom. The number of cyclic esters (lactones) is 1. The summed E-state index contributed by atoms with van der Waals surface area (Å²) in [5.41, 5.74) is -0.321. The summed E-state index contributed by atoms with van der Waals surface area (Å²) < 4.78 is 43.3. The minimum Gasteiger partial charge on any atom is -0.402 e. The third-order valence-electron chi connectivity index (χ3n) is 3.30. The second-order valence-corrected chi connectivity index (χ2v) is 5.90. The van der Waals surface area contributed by atoms with E-state index in [1.165, 1.54) is 30.3 Å². The van der Waals surface area contributed by atoms with Crippen LogP contribution in [0.15, 0.2) is 53.2 Å². The van der Waals surface area contributed by atoms with Gasteiger partial charge >= 0.3 is 12.1 Å². The molecule has 0 saturated heterocycles. The monoisotopic (exact) mass is 385 g/mol. The van der Waals surface area contributed by atoms with Gasteiger partial charge in [0.15, 0.2) is 5.70 Å². The van der Waals surface area contributed by atoms with Gasteiger partial charge in [0.25, 0.3) is 0 Å².